The fourth-order valence-electron chi connectivity index (χ4n) is 2.76. The molecule has 0 saturated carbocycles. The van der Waals surface area contributed by atoms with E-state index in [1.54, 1.807) is 17.0 Å². The van der Waals surface area contributed by atoms with Crippen molar-refractivity contribution in [3.63, 3.8) is 0 Å². The van der Waals surface area contributed by atoms with Crippen molar-refractivity contribution in [1.29, 1.82) is 0 Å². The quantitative estimate of drug-likeness (QED) is 0.855. The summed E-state index contributed by atoms with van der Waals surface area (Å²) in [6, 6.07) is 6.12. The number of ether oxygens (including phenoxy) is 1. The molecule has 122 valence electrons. The number of carbonyl (C=O) groups excluding carboxylic acids is 1. The van der Waals surface area contributed by atoms with E-state index in [0.717, 1.165) is 0 Å². The van der Waals surface area contributed by atoms with Gasteiger partial charge in [-0.15, -0.1) is 0 Å². The number of aliphatic hydroxyl groups is 1. The maximum absolute atomic E-state index is 13.4. The van der Waals surface area contributed by atoms with E-state index in [4.69, 9.17) is 4.74 Å². The number of benzene rings is 1. The molecule has 1 fully saturated rings. The first kappa shape index (κ1) is 16.7. The Bertz CT molecular complexity index is 524. The van der Waals surface area contributed by atoms with Gasteiger partial charge < -0.3 is 19.6 Å². The van der Waals surface area contributed by atoms with Crippen molar-refractivity contribution >= 4 is 5.91 Å². The smallest absolute Gasteiger partial charge is 0.226 e. The standard InChI is InChI=1S/C16H23FN2O3/c1-18(2)11-16(21)8-9-19(12-16)15(20)7-10-22-14-6-4-3-5-13(14)17/h3-6,21H,7-12H2,1-2H3. The number of nitrogens with zero attached hydrogens (tertiary/aromatic N) is 2. The molecule has 22 heavy (non-hydrogen) atoms. The van der Waals surface area contributed by atoms with Crippen molar-refractivity contribution < 1.29 is 19.0 Å². The zero-order valence-electron chi connectivity index (χ0n) is 13.1. The number of para-hydroxylation sites is 1. The van der Waals surface area contributed by atoms with Gasteiger partial charge in [0, 0.05) is 13.1 Å². The number of hydrogen-bond donors (Lipinski definition) is 1. The van der Waals surface area contributed by atoms with Crippen LogP contribution in [0.1, 0.15) is 12.8 Å². The molecule has 1 N–H and O–H groups in total. The lowest BCUT2D eigenvalue weighted by Crippen LogP contribution is -2.43. The van der Waals surface area contributed by atoms with E-state index >= 15 is 0 Å². The Hall–Kier alpha value is -1.66. The van der Waals surface area contributed by atoms with E-state index in [1.807, 2.05) is 19.0 Å². The lowest BCUT2D eigenvalue weighted by atomic mass is 10.0. The summed E-state index contributed by atoms with van der Waals surface area (Å²) >= 11 is 0. The van der Waals surface area contributed by atoms with E-state index in [1.165, 1.54) is 12.1 Å². The number of halogens is 1. The molecule has 1 aromatic rings. The Morgan fingerprint density at radius 3 is 2.86 bits per heavy atom. The van der Waals surface area contributed by atoms with Crippen LogP contribution in [0.25, 0.3) is 0 Å². The zero-order valence-corrected chi connectivity index (χ0v) is 13.1. The summed E-state index contributed by atoms with van der Waals surface area (Å²) < 4.78 is 18.7. The van der Waals surface area contributed by atoms with Crippen LogP contribution in [0.2, 0.25) is 0 Å². The highest BCUT2D eigenvalue weighted by Gasteiger charge is 2.38. The van der Waals surface area contributed by atoms with Gasteiger partial charge in [0.25, 0.3) is 0 Å². The highest BCUT2D eigenvalue weighted by molar-refractivity contribution is 5.76. The van der Waals surface area contributed by atoms with Crippen molar-refractivity contribution in [3.8, 4) is 5.75 Å². The average Bonchev–Trinajstić information content (AvgIpc) is 2.82. The number of β-amino-alcohol motifs (C(OH)–C–C–N with tert-alkyl or cyclic N) is 1. The molecule has 1 unspecified atom stereocenters. The van der Waals surface area contributed by atoms with Crippen molar-refractivity contribution in [3.05, 3.63) is 30.1 Å². The maximum Gasteiger partial charge on any atom is 0.226 e. The number of likely N-dealkylation sites (tertiary alicyclic amines) is 1. The summed E-state index contributed by atoms with van der Waals surface area (Å²) in [6.45, 7) is 1.54. The molecule has 5 nitrogen and oxygen atoms in total. The molecule has 1 aliphatic heterocycles. The van der Waals surface area contributed by atoms with E-state index in [2.05, 4.69) is 0 Å². The Labute approximate surface area is 130 Å². The van der Waals surface area contributed by atoms with Crippen LogP contribution in [0.3, 0.4) is 0 Å². The first-order valence-electron chi connectivity index (χ1n) is 7.42. The predicted molar refractivity (Wildman–Crippen MR) is 81.2 cm³/mol. The Balaban J connectivity index is 1.78. The second-order valence-electron chi connectivity index (χ2n) is 6.06. The molecular formula is C16H23FN2O3. The van der Waals surface area contributed by atoms with Crippen LogP contribution in [-0.2, 0) is 4.79 Å². The zero-order chi connectivity index (χ0) is 16.2. The SMILES string of the molecule is CN(C)CC1(O)CCN(C(=O)CCOc2ccccc2F)C1. The minimum absolute atomic E-state index is 0.0778. The second kappa shape index (κ2) is 7.07. The third-order valence-electron chi connectivity index (χ3n) is 3.71. The summed E-state index contributed by atoms with van der Waals surface area (Å²) in [7, 11) is 3.79. The van der Waals surface area contributed by atoms with Crippen LogP contribution in [0.4, 0.5) is 4.39 Å². The lowest BCUT2D eigenvalue weighted by Gasteiger charge is -2.26. The second-order valence-corrected chi connectivity index (χ2v) is 6.06. The predicted octanol–water partition coefficient (Wildman–Crippen LogP) is 1.12. The first-order chi connectivity index (χ1) is 10.4. The number of carbonyl (C=O) groups is 1. The van der Waals surface area contributed by atoms with Crippen LogP contribution >= 0.6 is 0 Å². The number of hydrogen-bond acceptors (Lipinski definition) is 4. The largest absolute Gasteiger partial charge is 0.490 e. The molecule has 0 aromatic heterocycles. The van der Waals surface area contributed by atoms with E-state index < -0.39 is 11.4 Å². The van der Waals surface area contributed by atoms with Gasteiger partial charge >= 0.3 is 0 Å². The monoisotopic (exact) mass is 310 g/mol. The van der Waals surface area contributed by atoms with E-state index in [9.17, 15) is 14.3 Å². The minimum Gasteiger partial charge on any atom is -0.490 e. The first-order valence-corrected chi connectivity index (χ1v) is 7.42. The van der Waals surface area contributed by atoms with Crippen LogP contribution in [0.5, 0.6) is 5.75 Å². The lowest BCUT2D eigenvalue weighted by molar-refractivity contribution is -0.131. The van der Waals surface area contributed by atoms with Crippen molar-refractivity contribution in [2.45, 2.75) is 18.4 Å². The van der Waals surface area contributed by atoms with Crippen LogP contribution in [-0.4, -0.2) is 66.8 Å². The number of rotatable bonds is 6. The van der Waals surface area contributed by atoms with Crippen LogP contribution in [0.15, 0.2) is 24.3 Å². The third-order valence-corrected chi connectivity index (χ3v) is 3.71. The van der Waals surface area contributed by atoms with Crippen molar-refractivity contribution in [2.24, 2.45) is 0 Å². The topological polar surface area (TPSA) is 53.0 Å². The van der Waals surface area contributed by atoms with Gasteiger partial charge in [-0.3, -0.25) is 4.79 Å². The van der Waals surface area contributed by atoms with Crippen LogP contribution in [0, 0.1) is 5.82 Å². The van der Waals surface area contributed by atoms with Gasteiger partial charge in [-0.05, 0) is 32.6 Å². The Morgan fingerprint density at radius 2 is 2.18 bits per heavy atom. The van der Waals surface area contributed by atoms with Gasteiger partial charge in [0.05, 0.1) is 25.2 Å². The average molecular weight is 310 g/mol. The molecule has 2 rings (SSSR count). The normalized spacial score (nSPS) is 21.4. The molecule has 0 aliphatic carbocycles. The van der Waals surface area contributed by atoms with Crippen molar-refractivity contribution in [2.75, 3.05) is 40.3 Å². The molecular weight excluding hydrogens is 287 g/mol. The molecule has 0 spiro atoms. The summed E-state index contributed by atoms with van der Waals surface area (Å²) in [4.78, 5) is 15.7. The maximum atomic E-state index is 13.4. The van der Waals surface area contributed by atoms with Gasteiger partial charge in [0.1, 0.15) is 0 Å². The molecule has 1 aromatic carbocycles. The molecule has 1 saturated heterocycles. The summed E-state index contributed by atoms with van der Waals surface area (Å²) in [5, 5.41) is 10.4. The molecule has 6 heteroatoms. The van der Waals surface area contributed by atoms with Gasteiger partial charge in [-0.2, -0.15) is 0 Å². The fraction of sp³-hybridized carbons (Fsp3) is 0.562. The summed E-state index contributed by atoms with van der Waals surface area (Å²) in [6.07, 6.45) is 0.747. The molecule has 0 radical (unpaired) electrons. The van der Waals surface area contributed by atoms with Gasteiger partial charge in [-0.25, -0.2) is 4.39 Å². The molecule has 1 atom stereocenters. The van der Waals surface area contributed by atoms with Gasteiger partial charge in [0.15, 0.2) is 11.6 Å². The fourth-order valence-corrected chi connectivity index (χ4v) is 2.76. The van der Waals surface area contributed by atoms with E-state index in [-0.39, 0.29) is 24.7 Å². The summed E-state index contributed by atoms with van der Waals surface area (Å²) in [5.41, 5.74) is -0.842. The Kier molecular flexibility index (Phi) is 5.37. The number of amides is 1. The summed E-state index contributed by atoms with van der Waals surface area (Å²) in [5.74, 6) is -0.358. The van der Waals surface area contributed by atoms with Crippen LogP contribution < -0.4 is 4.74 Å². The molecule has 0 bridgehead atoms. The van der Waals surface area contributed by atoms with Crippen molar-refractivity contribution in [1.82, 2.24) is 9.80 Å². The Morgan fingerprint density at radius 1 is 1.45 bits per heavy atom. The third kappa shape index (κ3) is 4.42. The molecule has 1 aliphatic rings. The molecule has 1 amide bonds. The molecule has 1 heterocycles. The highest BCUT2D eigenvalue weighted by Crippen LogP contribution is 2.22. The number of likely N-dealkylation sites (N-methyl/N-ethyl adjacent to an activating group) is 1. The van der Waals surface area contributed by atoms with Gasteiger partial charge in [-0.1, -0.05) is 12.1 Å². The minimum atomic E-state index is -0.842. The van der Waals surface area contributed by atoms with Gasteiger partial charge in [0.2, 0.25) is 5.91 Å². The van der Waals surface area contributed by atoms with E-state index in [0.29, 0.717) is 26.1 Å². The highest BCUT2D eigenvalue weighted by atomic mass is 19.1.